The molecular weight excluding hydrogens is 362 g/mol. The molecule has 2 aromatic heterocycles. The van der Waals surface area contributed by atoms with Crippen molar-refractivity contribution in [3.05, 3.63) is 30.3 Å². The van der Waals surface area contributed by atoms with Gasteiger partial charge in [-0.1, -0.05) is 0 Å². The molecule has 1 fully saturated rings. The van der Waals surface area contributed by atoms with Crippen molar-refractivity contribution in [3.63, 3.8) is 0 Å². The molecule has 3 heterocycles. The summed E-state index contributed by atoms with van der Waals surface area (Å²) in [5.74, 6) is 1.97. The summed E-state index contributed by atoms with van der Waals surface area (Å²) >= 11 is 0. The van der Waals surface area contributed by atoms with E-state index in [0.29, 0.717) is 22.8 Å². The number of carbonyl (C=O) groups is 1. The van der Waals surface area contributed by atoms with Crippen LogP contribution in [0.5, 0.6) is 11.5 Å². The van der Waals surface area contributed by atoms with E-state index in [1.807, 2.05) is 12.1 Å². The lowest BCUT2D eigenvalue weighted by molar-refractivity contribution is -0.120. The first-order valence-electron chi connectivity index (χ1n) is 9.01. The highest BCUT2D eigenvalue weighted by Gasteiger charge is 2.26. The Balaban J connectivity index is 1.37. The van der Waals surface area contributed by atoms with Gasteiger partial charge in [0.15, 0.2) is 23.0 Å². The Morgan fingerprint density at radius 2 is 1.89 bits per heavy atom. The Labute approximate surface area is 161 Å². The summed E-state index contributed by atoms with van der Waals surface area (Å²) in [6.07, 6.45) is 1.49. The van der Waals surface area contributed by atoms with E-state index in [9.17, 15) is 4.79 Å². The van der Waals surface area contributed by atoms with Crippen LogP contribution < -0.4 is 19.7 Å². The Kier molecular flexibility index (Phi) is 4.92. The zero-order valence-electron chi connectivity index (χ0n) is 15.7. The van der Waals surface area contributed by atoms with E-state index in [-0.39, 0.29) is 11.8 Å². The zero-order chi connectivity index (χ0) is 19.5. The number of benzene rings is 1. The van der Waals surface area contributed by atoms with Crippen molar-refractivity contribution in [1.82, 2.24) is 25.3 Å². The van der Waals surface area contributed by atoms with Crippen LogP contribution in [0.3, 0.4) is 0 Å². The number of tetrazole rings is 1. The van der Waals surface area contributed by atoms with E-state index >= 15 is 0 Å². The van der Waals surface area contributed by atoms with Gasteiger partial charge in [-0.2, -0.15) is 0 Å². The predicted octanol–water partition coefficient (Wildman–Crippen LogP) is 1.39. The number of anilines is 2. The van der Waals surface area contributed by atoms with Crippen LogP contribution in [0.25, 0.3) is 5.65 Å². The maximum atomic E-state index is 12.7. The van der Waals surface area contributed by atoms with Crippen molar-refractivity contribution in [2.75, 3.05) is 37.5 Å². The van der Waals surface area contributed by atoms with Gasteiger partial charge < -0.3 is 19.7 Å². The summed E-state index contributed by atoms with van der Waals surface area (Å²) in [6, 6.07) is 9.07. The van der Waals surface area contributed by atoms with Gasteiger partial charge in [0.2, 0.25) is 5.91 Å². The second kappa shape index (κ2) is 7.67. The molecule has 146 valence electrons. The van der Waals surface area contributed by atoms with Crippen LogP contribution in [0.4, 0.5) is 11.5 Å². The molecule has 28 heavy (non-hydrogen) atoms. The van der Waals surface area contributed by atoms with Crippen molar-refractivity contribution in [2.24, 2.45) is 5.92 Å². The van der Waals surface area contributed by atoms with Crippen molar-refractivity contribution < 1.29 is 14.3 Å². The van der Waals surface area contributed by atoms with Gasteiger partial charge in [0.05, 0.1) is 14.2 Å². The number of ether oxygens (including phenoxy) is 2. The molecule has 1 aliphatic rings. The Morgan fingerprint density at radius 3 is 2.64 bits per heavy atom. The summed E-state index contributed by atoms with van der Waals surface area (Å²) in [6.45, 7) is 1.48. The van der Waals surface area contributed by atoms with Crippen LogP contribution in [0.1, 0.15) is 12.8 Å². The SMILES string of the molecule is COc1ccc(NC(=O)C2CCN(c3ccc4nnnn4n3)CC2)cc1OC. The van der Waals surface area contributed by atoms with E-state index in [2.05, 4.69) is 30.8 Å². The summed E-state index contributed by atoms with van der Waals surface area (Å²) in [7, 11) is 3.15. The van der Waals surface area contributed by atoms with Crippen LogP contribution in [0.2, 0.25) is 0 Å². The molecular formula is C18H21N7O3. The van der Waals surface area contributed by atoms with Gasteiger partial charge in [-0.3, -0.25) is 4.79 Å². The molecule has 10 nitrogen and oxygen atoms in total. The topological polar surface area (TPSA) is 107 Å². The number of rotatable bonds is 5. The Bertz CT molecular complexity index is 982. The molecule has 4 rings (SSSR count). The molecule has 1 aromatic carbocycles. The minimum atomic E-state index is -0.0545. The first kappa shape index (κ1) is 18.0. The third-order valence-corrected chi connectivity index (χ3v) is 4.90. The van der Waals surface area contributed by atoms with Gasteiger partial charge in [-0.05, 0) is 47.5 Å². The van der Waals surface area contributed by atoms with Crippen LogP contribution in [0.15, 0.2) is 30.3 Å². The highest BCUT2D eigenvalue weighted by Crippen LogP contribution is 2.30. The fraction of sp³-hybridized carbons (Fsp3) is 0.389. The summed E-state index contributed by atoms with van der Waals surface area (Å²) < 4.78 is 11.9. The Morgan fingerprint density at radius 1 is 1.11 bits per heavy atom. The Hall–Kier alpha value is -3.43. The number of methoxy groups -OCH3 is 2. The molecule has 0 aliphatic carbocycles. The monoisotopic (exact) mass is 383 g/mol. The van der Waals surface area contributed by atoms with Crippen LogP contribution >= 0.6 is 0 Å². The number of aromatic nitrogens is 5. The van der Waals surface area contributed by atoms with Gasteiger partial charge in [-0.25, -0.2) is 0 Å². The molecule has 0 bridgehead atoms. The van der Waals surface area contributed by atoms with Gasteiger partial charge in [0.25, 0.3) is 0 Å². The van der Waals surface area contributed by atoms with Crippen molar-refractivity contribution in [1.29, 1.82) is 0 Å². The van der Waals surface area contributed by atoms with Gasteiger partial charge in [0.1, 0.15) is 0 Å². The van der Waals surface area contributed by atoms with Crippen LogP contribution in [-0.4, -0.2) is 58.5 Å². The average molecular weight is 383 g/mol. The molecule has 0 spiro atoms. The average Bonchev–Trinajstić information content (AvgIpc) is 3.21. The number of carbonyl (C=O) groups excluding carboxylic acids is 1. The van der Waals surface area contributed by atoms with E-state index < -0.39 is 0 Å². The van der Waals surface area contributed by atoms with E-state index in [0.717, 1.165) is 31.7 Å². The van der Waals surface area contributed by atoms with E-state index in [1.165, 1.54) is 4.63 Å². The lowest BCUT2D eigenvalue weighted by Crippen LogP contribution is -2.38. The fourth-order valence-electron chi connectivity index (χ4n) is 3.34. The minimum absolute atomic E-state index is 0.00996. The number of hydrogen-bond donors (Lipinski definition) is 1. The highest BCUT2D eigenvalue weighted by atomic mass is 16.5. The lowest BCUT2D eigenvalue weighted by atomic mass is 9.96. The molecule has 1 aliphatic heterocycles. The third kappa shape index (κ3) is 3.53. The van der Waals surface area contributed by atoms with Crippen molar-refractivity contribution in [3.8, 4) is 11.5 Å². The molecule has 0 atom stereocenters. The van der Waals surface area contributed by atoms with E-state index in [1.54, 1.807) is 32.4 Å². The largest absolute Gasteiger partial charge is 0.493 e. The molecule has 1 N–H and O–H groups in total. The number of piperidine rings is 1. The highest BCUT2D eigenvalue weighted by molar-refractivity contribution is 5.93. The van der Waals surface area contributed by atoms with Crippen LogP contribution in [0, 0.1) is 5.92 Å². The number of hydrogen-bond acceptors (Lipinski definition) is 8. The molecule has 0 saturated carbocycles. The molecule has 0 unspecified atom stereocenters. The van der Waals surface area contributed by atoms with Gasteiger partial charge in [0, 0.05) is 30.8 Å². The lowest BCUT2D eigenvalue weighted by Gasteiger charge is -2.31. The second-order valence-electron chi connectivity index (χ2n) is 6.54. The fourth-order valence-corrected chi connectivity index (χ4v) is 3.34. The van der Waals surface area contributed by atoms with Crippen molar-refractivity contribution >= 4 is 23.1 Å². The number of amides is 1. The number of nitrogens with zero attached hydrogens (tertiary/aromatic N) is 6. The maximum Gasteiger partial charge on any atom is 0.227 e. The molecule has 0 radical (unpaired) electrons. The molecule has 10 heteroatoms. The first-order valence-corrected chi connectivity index (χ1v) is 9.01. The summed E-state index contributed by atoms with van der Waals surface area (Å²) in [4.78, 5) is 14.8. The normalized spacial score (nSPS) is 14.9. The van der Waals surface area contributed by atoms with E-state index in [4.69, 9.17) is 9.47 Å². The smallest absolute Gasteiger partial charge is 0.227 e. The molecule has 1 amide bonds. The third-order valence-electron chi connectivity index (χ3n) is 4.90. The molecule has 1 saturated heterocycles. The quantitative estimate of drug-likeness (QED) is 0.704. The maximum absolute atomic E-state index is 12.7. The summed E-state index contributed by atoms with van der Waals surface area (Å²) in [5, 5.41) is 18.7. The standard InChI is InChI=1S/C18H21N7O3/c1-27-14-4-3-13(11-15(14)28-2)19-18(26)12-7-9-24(10-8-12)17-6-5-16-20-22-23-25(16)21-17/h3-6,11-12H,7-10H2,1-2H3,(H,19,26). The second-order valence-corrected chi connectivity index (χ2v) is 6.54. The number of fused-ring (bicyclic) bond motifs is 1. The number of nitrogens with one attached hydrogen (secondary N) is 1. The predicted molar refractivity (Wildman–Crippen MR) is 102 cm³/mol. The minimum Gasteiger partial charge on any atom is -0.493 e. The zero-order valence-corrected chi connectivity index (χ0v) is 15.7. The first-order chi connectivity index (χ1) is 13.7. The van der Waals surface area contributed by atoms with Gasteiger partial charge in [-0.15, -0.1) is 14.8 Å². The molecule has 3 aromatic rings. The van der Waals surface area contributed by atoms with Crippen LogP contribution in [-0.2, 0) is 4.79 Å². The summed E-state index contributed by atoms with van der Waals surface area (Å²) in [5.41, 5.74) is 1.30. The van der Waals surface area contributed by atoms with Gasteiger partial charge >= 0.3 is 0 Å². The van der Waals surface area contributed by atoms with Crippen molar-refractivity contribution in [2.45, 2.75) is 12.8 Å².